The van der Waals surface area contributed by atoms with Crippen molar-refractivity contribution in [1.29, 1.82) is 0 Å². The predicted molar refractivity (Wildman–Crippen MR) is 90.9 cm³/mol. The summed E-state index contributed by atoms with van der Waals surface area (Å²) in [6, 6.07) is 2.19. The van der Waals surface area contributed by atoms with Crippen LogP contribution >= 0.6 is 0 Å². The number of nitrogens with zero attached hydrogens (tertiary/aromatic N) is 4. The lowest BCUT2D eigenvalue weighted by molar-refractivity contribution is -0.134. The molecule has 1 fully saturated rings. The minimum Gasteiger partial charge on any atom is -0.466 e. The first kappa shape index (κ1) is 16.7. The topological polar surface area (TPSA) is 64.2 Å². The number of rotatable bonds is 3. The zero-order valence-corrected chi connectivity index (χ0v) is 15.2. The van der Waals surface area contributed by atoms with Crippen molar-refractivity contribution >= 4 is 5.91 Å². The van der Waals surface area contributed by atoms with Gasteiger partial charge in [0.1, 0.15) is 23.2 Å². The van der Waals surface area contributed by atoms with E-state index in [1.807, 2.05) is 50.3 Å². The number of piperidine rings is 1. The van der Waals surface area contributed by atoms with Gasteiger partial charge in [-0.2, -0.15) is 5.10 Å². The first-order valence-electron chi connectivity index (χ1n) is 8.62. The number of furan rings is 1. The highest BCUT2D eigenvalue weighted by Gasteiger charge is 2.30. The Bertz CT molecular complexity index is 746. The van der Waals surface area contributed by atoms with E-state index in [1.165, 1.54) is 0 Å². The molecule has 0 radical (unpaired) electrons. The van der Waals surface area contributed by atoms with E-state index in [0.717, 1.165) is 48.1 Å². The van der Waals surface area contributed by atoms with Crippen molar-refractivity contribution in [2.24, 2.45) is 0 Å². The Hall–Kier alpha value is -2.11. The van der Waals surface area contributed by atoms with Gasteiger partial charge in [-0.3, -0.25) is 4.79 Å². The van der Waals surface area contributed by atoms with Crippen LogP contribution in [-0.2, 0) is 4.79 Å². The largest absolute Gasteiger partial charge is 0.466 e. The van der Waals surface area contributed by atoms with Gasteiger partial charge in [-0.15, -0.1) is 0 Å². The van der Waals surface area contributed by atoms with Crippen LogP contribution in [0.5, 0.6) is 0 Å². The molecule has 6 heteroatoms. The molecule has 130 valence electrons. The van der Waals surface area contributed by atoms with E-state index in [0.29, 0.717) is 6.54 Å². The van der Waals surface area contributed by atoms with Crippen LogP contribution in [0.2, 0.25) is 0 Å². The molecule has 6 nitrogen and oxygen atoms in total. The molecular formula is C18H26N4O2. The van der Waals surface area contributed by atoms with Gasteiger partial charge in [0.15, 0.2) is 0 Å². The summed E-state index contributed by atoms with van der Waals surface area (Å²) in [5.74, 6) is 3.38. The molecule has 0 spiro atoms. The van der Waals surface area contributed by atoms with E-state index >= 15 is 0 Å². The highest BCUT2D eigenvalue weighted by molar-refractivity contribution is 5.83. The van der Waals surface area contributed by atoms with Crippen LogP contribution in [-0.4, -0.2) is 38.7 Å². The van der Waals surface area contributed by atoms with Crippen LogP contribution in [0.1, 0.15) is 60.5 Å². The lowest BCUT2D eigenvalue weighted by Gasteiger charge is -2.34. The third-order valence-corrected chi connectivity index (χ3v) is 4.88. The smallest absolute Gasteiger partial charge is 0.230 e. The van der Waals surface area contributed by atoms with Crippen LogP contribution in [0.4, 0.5) is 0 Å². The van der Waals surface area contributed by atoms with Crippen molar-refractivity contribution in [1.82, 2.24) is 19.7 Å². The Balaban J connectivity index is 1.75. The van der Waals surface area contributed by atoms with Gasteiger partial charge < -0.3 is 9.32 Å². The van der Waals surface area contributed by atoms with E-state index in [1.54, 1.807) is 0 Å². The quantitative estimate of drug-likeness (QED) is 0.867. The molecule has 0 bridgehead atoms. The molecule has 0 aromatic carbocycles. The fourth-order valence-electron chi connectivity index (χ4n) is 3.72. The Labute approximate surface area is 142 Å². The maximum absolute atomic E-state index is 13.0. The van der Waals surface area contributed by atoms with Crippen LogP contribution in [0.15, 0.2) is 10.5 Å². The number of hydrogen-bond donors (Lipinski definition) is 0. The molecule has 1 aliphatic heterocycles. The Morgan fingerprint density at radius 2 is 2.08 bits per heavy atom. The lowest BCUT2D eigenvalue weighted by Crippen LogP contribution is -2.43. The monoisotopic (exact) mass is 330 g/mol. The third kappa shape index (κ3) is 3.09. The highest BCUT2D eigenvalue weighted by atomic mass is 16.3. The van der Waals surface area contributed by atoms with E-state index in [-0.39, 0.29) is 17.9 Å². The van der Waals surface area contributed by atoms with Gasteiger partial charge in [-0.1, -0.05) is 0 Å². The minimum absolute atomic E-state index is 0.165. The van der Waals surface area contributed by atoms with Gasteiger partial charge in [-0.05, 0) is 53.5 Å². The number of likely N-dealkylation sites (tertiary alicyclic amines) is 1. The Kier molecular flexibility index (Phi) is 4.47. The Morgan fingerprint density at radius 1 is 1.33 bits per heavy atom. The van der Waals surface area contributed by atoms with Gasteiger partial charge in [0.25, 0.3) is 0 Å². The second-order valence-corrected chi connectivity index (χ2v) is 6.82. The van der Waals surface area contributed by atoms with Crippen LogP contribution in [0, 0.1) is 27.7 Å². The molecule has 1 amide bonds. The standard InChI is InChI=1S/C18H26N4O2/c1-11-9-17(13(3)24-11)12(2)18(23)21-8-6-7-16(10-21)22-15(5)19-14(4)20-22/h9,12,16H,6-8,10H2,1-5H3/t12-,16-/m0/s1. The zero-order chi connectivity index (χ0) is 17.4. The number of aromatic nitrogens is 3. The molecule has 3 rings (SSSR count). The van der Waals surface area contributed by atoms with Crippen molar-refractivity contribution in [2.75, 3.05) is 13.1 Å². The molecule has 1 aliphatic rings. The molecular weight excluding hydrogens is 304 g/mol. The van der Waals surface area contributed by atoms with Gasteiger partial charge in [0.05, 0.1) is 12.0 Å². The lowest BCUT2D eigenvalue weighted by atomic mass is 9.97. The number of carbonyl (C=O) groups excluding carboxylic acids is 1. The first-order valence-corrected chi connectivity index (χ1v) is 8.62. The maximum Gasteiger partial charge on any atom is 0.230 e. The second kappa shape index (κ2) is 6.42. The van der Waals surface area contributed by atoms with Crippen LogP contribution in [0.3, 0.4) is 0 Å². The van der Waals surface area contributed by atoms with E-state index in [2.05, 4.69) is 10.1 Å². The van der Waals surface area contributed by atoms with Crippen molar-refractivity contribution in [3.63, 3.8) is 0 Å². The predicted octanol–water partition coefficient (Wildman–Crippen LogP) is 3.07. The van der Waals surface area contributed by atoms with Crippen LogP contribution in [0.25, 0.3) is 0 Å². The average molecular weight is 330 g/mol. The van der Waals surface area contributed by atoms with E-state index in [4.69, 9.17) is 4.42 Å². The molecule has 3 heterocycles. The number of carbonyl (C=O) groups is 1. The van der Waals surface area contributed by atoms with Gasteiger partial charge >= 0.3 is 0 Å². The fourth-order valence-corrected chi connectivity index (χ4v) is 3.72. The molecule has 0 N–H and O–H groups in total. The van der Waals surface area contributed by atoms with Crippen molar-refractivity contribution in [2.45, 2.75) is 59.4 Å². The summed E-state index contributed by atoms with van der Waals surface area (Å²) in [5, 5.41) is 4.50. The summed E-state index contributed by atoms with van der Waals surface area (Å²) in [6.45, 7) is 11.2. The SMILES string of the molecule is Cc1nc(C)n([C@H]2CCCN(C(=O)[C@@H](C)c3cc(C)oc3C)C2)n1. The summed E-state index contributed by atoms with van der Waals surface area (Å²) >= 11 is 0. The first-order chi connectivity index (χ1) is 11.4. The average Bonchev–Trinajstić information content (AvgIpc) is 3.06. The molecule has 0 saturated carbocycles. The Morgan fingerprint density at radius 3 is 2.67 bits per heavy atom. The molecule has 24 heavy (non-hydrogen) atoms. The van der Waals surface area contributed by atoms with E-state index < -0.39 is 0 Å². The highest BCUT2D eigenvalue weighted by Crippen LogP contribution is 2.28. The molecule has 0 unspecified atom stereocenters. The van der Waals surface area contributed by atoms with Crippen molar-refractivity contribution in [3.05, 3.63) is 34.8 Å². The van der Waals surface area contributed by atoms with Crippen molar-refractivity contribution in [3.8, 4) is 0 Å². The molecule has 2 aromatic rings. The molecule has 2 aromatic heterocycles. The number of aryl methyl sites for hydroxylation is 4. The van der Waals surface area contributed by atoms with Gasteiger partial charge in [-0.25, -0.2) is 9.67 Å². The molecule has 1 saturated heterocycles. The molecule has 2 atom stereocenters. The summed E-state index contributed by atoms with van der Waals surface area (Å²) in [4.78, 5) is 19.3. The number of amides is 1. The maximum atomic E-state index is 13.0. The van der Waals surface area contributed by atoms with Crippen molar-refractivity contribution < 1.29 is 9.21 Å². The summed E-state index contributed by atoms with van der Waals surface area (Å²) in [6.07, 6.45) is 2.02. The number of hydrogen-bond acceptors (Lipinski definition) is 4. The van der Waals surface area contributed by atoms with Gasteiger partial charge in [0, 0.05) is 18.7 Å². The summed E-state index contributed by atoms with van der Waals surface area (Å²) in [5.41, 5.74) is 0.993. The summed E-state index contributed by atoms with van der Waals surface area (Å²) < 4.78 is 7.57. The normalized spacial score (nSPS) is 19.5. The minimum atomic E-state index is -0.181. The van der Waals surface area contributed by atoms with Crippen LogP contribution < -0.4 is 0 Å². The van der Waals surface area contributed by atoms with Gasteiger partial charge in [0.2, 0.25) is 5.91 Å². The van der Waals surface area contributed by atoms with E-state index in [9.17, 15) is 4.79 Å². The fraction of sp³-hybridized carbons (Fsp3) is 0.611. The summed E-state index contributed by atoms with van der Waals surface area (Å²) in [7, 11) is 0. The zero-order valence-electron chi connectivity index (χ0n) is 15.2. The second-order valence-electron chi connectivity index (χ2n) is 6.82. The molecule has 0 aliphatic carbocycles. The third-order valence-electron chi connectivity index (χ3n) is 4.88.